The van der Waals surface area contributed by atoms with Crippen molar-refractivity contribution in [1.29, 1.82) is 0 Å². The number of amidine groups is 1. The third-order valence-electron chi connectivity index (χ3n) is 5.45. The third kappa shape index (κ3) is 2.59. The molecule has 3 aliphatic rings. The summed E-state index contributed by atoms with van der Waals surface area (Å²) in [6.45, 7) is 6.15. The molecule has 0 N–H and O–H groups in total. The van der Waals surface area contributed by atoms with Crippen LogP contribution in [0.15, 0.2) is 58.5 Å². The van der Waals surface area contributed by atoms with Crippen molar-refractivity contribution in [2.24, 2.45) is 9.98 Å². The van der Waals surface area contributed by atoms with Crippen LogP contribution in [0.1, 0.15) is 5.56 Å². The van der Waals surface area contributed by atoms with Gasteiger partial charge in [0, 0.05) is 44.0 Å². The van der Waals surface area contributed by atoms with E-state index in [-0.39, 0.29) is 0 Å². The van der Waals surface area contributed by atoms with E-state index in [1.807, 2.05) is 6.07 Å². The summed E-state index contributed by atoms with van der Waals surface area (Å²) in [5, 5.41) is 0. The molecule has 0 amide bonds. The number of hydrogen-bond acceptors (Lipinski definition) is 5. The molecule has 132 valence electrons. The summed E-state index contributed by atoms with van der Waals surface area (Å²) in [6, 6.07) is 17.1. The Morgan fingerprint density at radius 1 is 0.885 bits per heavy atom. The maximum Gasteiger partial charge on any atom is 0.155 e. The first-order chi connectivity index (χ1) is 12.8. The van der Waals surface area contributed by atoms with Crippen LogP contribution in [0.3, 0.4) is 0 Å². The molecule has 0 bridgehead atoms. The predicted molar refractivity (Wildman–Crippen MR) is 108 cm³/mol. The van der Waals surface area contributed by atoms with Gasteiger partial charge in [-0.25, -0.2) is 4.99 Å². The van der Waals surface area contributed by atoms with Gasteiger partial charge in [-0.05, 0) is 25.2 Å². The zero-order valence-corrected chi connectivity index (χ0v) is 15.1. The van der Waals surface area contributed by atoms with Gasteiger partial charge >= 0.3 is 0 Å². The lowest BCUT2D eigenvalue weighted by atomic mass is 10.1. The van der Waals surface area contributed by atoms with Gasteiger partial charge in [-0.3, -0.25) is 4.99 Å². The van der Waals surface area contributed by atoms with Crippen LogP contribution in [0.4, 0.5) is 17.1 Å². The van der Waals surface area contributed by atoms with E-state index in [0.29, 0.717) is 0 Å². The molecule has 1 saturated heterocycles. The second-order valence-electron chi connectivity index (χ2n) is 7.15. The molecule has 26 heavy (non-hydrogen) atoms. The number of aliphatic imine (C=N–C) groups is 2. The average molecular weight is 345 g/mol. The topological polar surface area (TPSA) is 34.4 Å². The number of hydrogen-bond donors (Lipinski definition) is 0. The Kier molecular flexibility index (Phi) is 3.75. The van der Waals surface area contributed by atoms with E-state index in [9.17, 15) is 0 Å². The van der Waals surface area contributed by atoms with Crippen LogP contribution < -0.4 is 9.80 Å². The van der Waals surface area contributed by atoms with Gasteiger partial charge in [-0.15, -0.1) is 0 Å². The first kappa shape index (κ1) is 15.6. The number of piperazine rings is 1. The number of nitrogens with zero attached hydrogens (tertiary/aromatic N) is 5. The summed E-state index contributed by atoms with van der Waals surface area (Å²) in [5.41, 5.74) is 5.65. The van der Waals surface area contributed by atoms with Crippen LogP contribution in [0.2, 0.25) is 0 Å². The molecule has 0 radical (unpaired) electrons. The van der Waals surface area contributed by atoms with E-state index in [2.05, 4.69) is 64.2 Å². The zero-order chi connectivity index (χ0) is 17.5. The monoisotopic (exact) mass is 345 g/mol. The maximum atomic E-state index is 4.97. The van der Waals surface area contributed by atoms with Crippen LogP contribution >= 0.6 is 0 Å². The highest BCUT2D eigenvalue weighted by Crippen LogP contribution is 2.38. The van der Waals surface area contributed by atoms with Crippen molar-refractivity contribution >= 4 is 28.6 Å². The molecule has 0 spiro atoms. The number of rotatable bonds is 2. The molecular formula is C21H23N5. The van der Waals surface area contributed by atoms with Crippen molar-refractivity contribution in [3.8, 4) is 0 Å². The van der Waals surface area contributed by atoms with Crippen LogP contribution in [-0.4, -0.2) is 62.8 Å². The van der Waals surface area contributed by atoms with Gasteiger partial charge in [0.25, 0.3) is 0 Å². The fourth-order valence-electron chi connectivity index (χ4n) is 3.93. The Balaban J connectivity index is 1.54. The largest absolute Gasteiger partial charge is 0.369 e. The van der Waals surface area contributed by atoms with E-state index in [4.69, 9.17) is 9.98 Å². The minimum absolute atomic E-state index is 0.833. The highest BCUT2D eigenvalue weighted by atomic mass is 15.3. The molecule has 0 atom stereocenters. The summed E-state index contributed by atoms with van der Waals surface area (Å²) in [5.74, 6) is 1.01. The fourth-order valence-corrected chi connectivity index (χ4v) is 3.93. The molecule has 3 heterocycles. The maximum absolute atomic E-state index is 4.97. The Labute approximate surface area is 154 Å². The van der Waals surface area contributed by atoms with E-state index in [1.165, 1.54) is 11.4 Å². The van der Waals surface area contributed by atoms with Crippen LogP contribution in [0, 0.1) is 0 Å². The molecule has 3 aliphatic heterocycles. The van der Waals surface area contributed by atoms with Crippen LogP contribution in [-0.2, 0) is 0 Å². The highest BCUT2D eigenvalue weighted by Gasteiger charge is 2.30. The minimum atomic E-state index is 0.833. The van der Waals surface area contributed by atoms with Gasteiger partial charge in [0.05, 0.1) is 17.9 Å². The van der Waals surface area contributed by atoms with Crippen LogP contribution in [0.5, 0.6) is 0 Å². The summed E-state index contributed by atoms with van der Waals surface area (Å²) in [6.07, 6.45) is 0. The lowest BCUT2D eigenvalue weighted by molar-refractivity contribution is 0.313. The second kappa shape index (κ2) is 6.25. The standard InChI is InChI=1S/C21H23N5/c1-24-11-13-25(14-12-24)17-7-8-18-19(15-17)26-10-9-22-21(26)20(23-18)16-5-3-2-4-6-16/h2-8,15H,9-14H2,1H3. The summed E-state index contributed by atoms with van der Waals surface area (Å²) in [7, 11) is 2.19. The number of likely N-dealkylation sites (N-methyl/N-ethyl adjacent to an activating group) is 1. The molecular weight excluding hydrogens is 322 g/mol. The first-order valence-electron chi connectivity index (χ1n) is 9.33. The smallest absolute Gasteiger partial charge is 0.155 e. The zero-order valence-electron chi connectivity index (χ0n) is 15.1. The molecule has 0 aromatic heterocycles. The molecule has 5 heteroatoms. The number of benzene rings is 2. The average Bonchev–Trinajstić information content (AvgIpc) is 3.18. The SMILES string of the molecule is CN1CCN(c2ccc3c(c2)N2CCN=C2C(c2ccccc2)=N3)CC1. The van der Waals surface area contributed by atoms with Crippen molar-refractivity contribution < 1.29 is 0 Å². The Bertz CT molecular complexity index is 879. The predicted octanol–water partition coefficient (Wildman–Crippen LogP) is 2.79. The van der Waals surface area contributed by atoms with E-state index >= 15 is 0 Å². The molecule has 5 rings (SSSR count). The highest BCUT2D eigenvalue weighted by molar-refractivity contribution is 6.53. The molecule has 2 aromatic carbocycles. The lowest BCUT2D eigenvalue weighted by Gasteiger charge is -2.35. The van der Waals surface area contributed by atoms with Gasteiger partial charge in [0.2, 0.25) is 0 Å². The van der Waals surface area contributed by atoms with Crippen LogP contribution in [0.25, 0.3) is 0 Å². The quantitative estimate of drug-likeness (QED) is 0.839. The number of anilines is 2. The molecule has 1 fully saturated rings. The van der Waals surface area contributed by atoms with Gasteiger partial charge in [-0.1, -0.05) is 30.3 Å². The summed E-state index contributed by atoms with van der Waals surface area (Å²) < 4.78 is 0. The minimum Gasteiger partial charge on any atom is -0.369 e. The molecule has 0 aliphatic carbocycles. The molecule has 0 saturated carbocycles. The molecule has 2 aromatic rings. The van der Waals surface area contributed by atoms with E-state index < -0.39 is 0 Å². The van der Waals surface area contributed by atoms with Crippen molar-refractivity contribution in [3.63, 3.8) is 0 Å². The third-order valence-corrected chi connectivity index (χ3v) is 5.45. The van der Waals surface area contributed by atoms with E-state index in [0.717, 1.165) is 62.1 Å². The fraction of sp³-hybridized carbons (Fsp3) is 0.333. The van der Waals surface area contributed by atoms with Gasteiger partial charge in [0.15, 0.2) is 5.84 Å². The van der Waals surface area contributed by atoms with Crippen molar-refractivity contribution in [3.05, 3.63) is 54.1 Å². The lowest BCUT2D eigenvalue weighted by Crippen LogP contribution is -2.44. The van der Waals surface area contributed by atoms with Gasteiger partial charge < -0.3 is 14.7 Å². The Morgan fingerprint density at radius 3 is 2.50 bits per heavy atom. The van der Waals surface area contributed by atoms with Gasteiger partial charge in [0.1, 0.15) is 5.71 Å². The second-order valence-corrected chi connectivity index (χ2v) is 7.15. The van der Waals surface area contributed by atoms with E-state index in [1.54, 1.807) is 0 Å². The van der Waals surface area contributed by atoms with Crippen molar-refractivity contribution in [1.82, 2.24) is 4.90 Å². The molecule has 0 unspecified atom stereocenters. The normalized spacial score (nSPS) is 19.7. The van der Waals surface area contributed by atoms with Gasteiger partial charge in [-0.2, -0.15) is 0 Å². The Hall–Kier alpha value is -2.66. The summed E-state index contributed by atoms with van der Waals surface area (Å²) >= 11 is 0. The molecule has 5 nitrogen and oxygen atoms in total. The first-order valence-corrected chi connectivity index (χ1v) is 9.33. The number of fused-ring (bicyclic) bond motifs is 3. The Morgan fingerprint density at radius 2 is 1.69 bits per heavy atom. The van der Waals surface area contributed by atoms with Crippen molar-refractivity contribution in [2.75, 3.05) is 56.1 Å². The van der Waals surface area contributed by atoms with Crippen molar-refractivity contribution in [2.45, 2.75) is 0 Å². The summed E-state index contributed by atoms with van der Waals surface area (Å²) in [4.78, 5) is 16.9.